The Hall–Kier alpha value is -4.11. The molecule has 0 spiro atoms. The van der Waals surface area contributed by atoms with Gasteiger partial charge in [0.05, 0.1) is 36.3 Å². The van der Waals surface area contributed by atoms with E-state index in [0.29, 0.717) is 5.57 Å². The highest BCUT2D eigenvalue weighted by Crippen LogP contribution is 2.17. The van der Waals surface area contributed by atoms with Crippen molar-refractivity contribution in [1.82, 2.24) is 9.55 Å². The van der Waals surface area contributed by atoms with Gasteiger partial charge in [-0.25, -0.2) is 4.98 Å². The number of hydrogen-bond donors (Lipinski definition) is 1. The number of aliphatic imine (C=N–C) groups is 1. The lowest BCUT2D eigenvalue weighted by molar-refractivity contribution is 0.404. The molecule has 0 saturated carbocycles. The highest BCUT2D eigenvalue weighted by Gasteiger charge is 1.96. The van der Waals surface area contributed by atoms with Gasteiger partial charge in [-0.05, 0) is 24.3 Å². The van der Waals surface area contributed by atoms with Crippen molar-refractivity contribution >= 4 is 24.2 Å². The maximum Gasteiger partial charge on any atom is 0.108 e. The van der Waals surface area contributed by atoms with Crippen LogP contribution in [-0.4, -0.2) is 15.8 Å². The zero-order valence-electron chi connectivity index (χ0n) is 14.4. The number of imidazole rings is 1. The highest BCUT2D eigenvalue weighted by atomic mass is 16.5. The molecule has 27 heavy (non-hydrogen) atoms. The van der Waals surface area contributed by atoms with E-state index >= 15 is 0 Å². The quantitative estimate of drug-likeness (QED) is 0.763. The molecule has 0 aliphatic carbocycles. The van der Waals surface area contributed by atoms with Crippen LogP contribution in [0.4, 0.5) is 5.69 Å². The fourth-order valence-corrected chi connectivity index (χ4v) is 2.23. The summed E-state index contributed by atoms with van der Waals surface area (Å²) in [6, 6.07) is 9.85. The van der Waals surface area contributed by atoms with Crippen molar-refractivity contribution in [3.8, 4) is 6.07 Å². The number of nitrogens with one attached hydrogen (secondary N) is 1. The molecular weight excluding hydrogens is 338 g/mol. The van der Waals surface area contributed by atoms with Crippen LogP contribution < -0.4 is 5.32 Å². The van der Waals surface area contributed by atoms with Crippen LogP contribution in [0.15, 0.2) is 90.5 Å². The molecule has 6 heteroatoms. The van der Waals surface area contributed by atoms with Crippen LogP contribution in [-0.2, 0) is 4.74 Å². The molecule has 1 aliphatic rings. The number of rotatable bonds is 0. The van der Waals surface area contributed by atoms with E-state index in [0.717, 1.165) is 16.9 Å². The van der Waals surface area contributed by atoms with E-state index in [1.807, 2.05) is 41.1 Å². The van der Waals surface area contributed by atoms with Gasteiger partial charge in [-0.2, -0.15) is 5.26 Å². The van der Waals surface area contributed by atoms with Gasteiger partial charge in [-0.3, -0.25) is 4.99 Å². The van der Waals surface area contributed by atoms with Crippen molar-refractivity contribution < 1.29 is 4.74 Å². The maximum absolute atomic E-state index is 9.18. The Morgan fingerprint density at radius 2 is 2.07 bits per heavy atom. The van der Waals surface area contributed by atoms with Crippen LogP contribution in [0.5, 0.6) is 0 Å². The molecule has 2 heterocycles. The number of anilines is 1. The summed E-state index contributed by atoms with van der Waals surface area (Å²) in [5, 5.41) is 12.4. The van der Waals surface area contributed by atoms with Gasteiger partial charge in [0.1, 0.15) is 12.3 Å². The Morgan fingerprint density at radius 3 is 3.00 bits per heavy atom. The second-order valence-corrected chi connectivity index (χ2v) is 5.38. The van der Waals surface area contributed by atoms with Crippen LogP contribution in [0.2, 0.25) is 0 Å². The summed E-state index contributed by atoms with van der Waals surface area (Å²) >= 11 is 0. The van der Waals surface area contributed by atoms with Gasteiger partial charge < -0.3 is 14.6 Å². The van der Waals surface area contributed by atoms with E-state index in [4.69, 9.17) is 4.74 Å². The molecule has 2 aromatic rings. The van der Waals surface area contributed by atoms with Crippen LogP contribution in [0, 0.1) is 11.3 Å². The molecule has 0 atom stereocenters. The van der Waals surface area contributed by atoms with E-state index in [-0.39, 0.29) is 0 Å². The minimum atomic E-state index is 0.396. The van der Waals surface area contributed by atoms with E-state index in [9.17, 15) is 5.26 Å². The van der Waals surface area contributed by atoms with E-state index in [2.05, 4.69) is 21.4 Å². The second kappa shape index (κ2) is 9.39. The number of nitriles is 1. The van der Waals surface area contributed by atoms with Crippen molar-refractivity contribution in [3.63, 3.8) is 0 Å². The number of benzene rings is 1. The van der Waals surface area contributed by atoms with Crippen LogP contribution in [0.3, 0.4) is 0 Å². The Morgan fingerprint density at radius 1 is 1.15 bits per heavy atom. The van der Waals surface area contributed by atoms with Gasteiger partial charge in [-0.1, -0.05) is 24.3 Å². The first kappa shape index (κ1) is 17.7. The molecule has 0 amide bonds. The molecule has 1 N–H and O–H groups in total. The molecule has 1 aromatic heterocycles. The fraction of sp³-hybridized carbons (Fsp3) is 0. The van der Waals surface area contributed by atoms with E-state index in [1.54, 1.807) is 49.4 Å². The first-order valence-electron chi connectivity index (χ1n) is 8.19. The van der Waals surface area contributed by atoms with Crippen LogP contribution >= 0.6 is 0 Å². The zero-order valence-corrected chi connectivity index (χ0v) is 14.4. The third kappa shape index (κ3) is 5.18. The molecule has 1 aromatic carbocycles. The molecule has 1 aliphatic heterocycles. The molecule has 132 valence electrons. The van der Waals surface area contributed by atoms with Gasteiger partial charge >= 0.3 is 0 Å². The summed E-state index contributed by atoms with van der Waals surface area (Å²) < 4.78 is 7.18. The SMILES string of the molecule is N#CC1=CO/C=C/c2ccccc2N/C=C\N=Cc2cncn2/C=C/C=C1. The number of para-hydroxylation sites is 1. The second-order valence-electron chi connectivity index (χ2n) is 5.38. The predicted octanol–water partition coefficient (Wildman–Crippen LogP) is 4.32. The van der Waals surface area contributed by atoms with Crippen molar-refractivity contribution in [2.75, 3.05) is 5.32 Å². The molecule has 0 unspecified atom stereocenters. The number of ether oxygens (including phenoxy) is 1. The summed E-state index contributed by atoms with van der Waals surface area (Å²) in [5.74, 6) is 0. The summed E-state index contributed by atoms with van der Waals surface area (Å²) in [7, 11) is 0. The number of fused-ring (bicyclic) bond motifs is 2. The summed E-state index contributed by atoms with van der Waals surface area (Å²) in [6.45, 7) is 0. The predicted molar refractivity (Wildman–Crippen MR) is 107 cm³/mol. The first-order valence-corrected chi connectivity index (χ1v) is 8.19. The average Bonchev–Trinajstić information content (AvgIpc) is 3.14. The summed E-state index contributed by atoms with van der Waals surface area (Å²) in [5.41, 5.74) is 3.07. The molecule has 6 nitrogen and oxygen atoms in total. The lowest BCUT2D eigenvalue weighted by atomic mass is 10.2. The Labute approximate surface area is 157 Å². The number of nitrogens with zero attached hydrogens (tertiary/aromatic N) is 4. The van der Waals surface area contributed by atoms with Gasteiger partial charge in [0.15, 0.2) is 0 Å². The molecule has 3 rings (SSSR count). The number of allylic oxidation sites excluding steroid dienone is 4. The molecule has 0 bridgehead atoms. The van der Waals surface area contributed by atoms with Crippen molar-refractivity contribution in [2.24, 2.45) is 4.99 Å². The summed E-state index contributed by atoms with van der Waals surface area (Å²) in [4.78, 5) is 8.38. The van der Waals surface area contributed by atoms with Crippen LogP contribution in [0.25, 0.3) is 12.3 Å². The monoisotopic (exact) mass is 355 g/mol. The van der Waals surface area contributed by atoms with Crippen molar-refractivity contribution in [2.45, 2.75) is 0 Å². The van der Waals surface area contributed by atoms with Gasteiger partial charge in [0, 0.05) is 29.9 Å². The van der Waals surface area contributed by atoms with E-state index in [1.165, 1.54) is 12.5 Å². The Bertz CT molecular complexity index is 1000. The lowest BCUT2D eigenvalue weighted by Crippen LogP contribution is -1.92. The zero-order chi connectivity index (χ0) is 18.7. The Kier molecular flexibility index (Phi) is 6.16. The normalized spacial score (nSPS) is 17.5. The van der Waals surface area contributed by atoms with Crippen LogP contribution in [0.1, 0.15) is 11.3 Å². The highest BCUT2D eigenvalue weighted by molar-refractivity contribution is 5.78. The topological polar surface area (TPSA) is 75.2 Å². The number of hydrogen-bond acceptors (Lipinski definition) is 5. The van der Waals surface area contributed by atoms with Gasteiger partial charge in [0.2, 0.25) is 0 Å². The maximum atomic E-state index is 9.18. The smallest absolute Gasteiger partial charge is 0.108 e. The van der Waals surface area contributed by atoms with E-state index < -0.39 is 0 Å². The fourth-order valence-electron chi connectivity index (χ4n) is 2.23. The molecule has 0 saturated heterocycles. The van der Waals surface area contributed by atoms with Crippen molar-refractivity contribution in [1.29, 1.82) is 5.26 Å². The first-order chi connectivity index (χ1) is 13.4. The third-order valence-electron chi connectivity index (χ3n) is 3.55. The van der Waals surface area contributed by atoms with Gasteiger partial charge in [-0.15, -0.1) is 0 Å². The standard InChI is InChI=1S/C21H17N5O/c22-13-18-5-3-4-11-26-17-24-15-20(26)14-23-9-10-25-21-7-2-1-6-19(21)8-12-27-16-18/h1-12,14-17,25H/b5-3?,10-9-,11-4+,12-8+,18-16?,23-14?. The minimum Gasteiger partial charge on any atom is -0.471 e. The average molecular weight is 355 g/mol. The number of aromatic nitrogens is 2. The lowest BCUT2D eigenvalue weighted by Gasteiger charge is -2.04. The third-order valence-corrected chi connectivity index (χ3v) is 3.55. The molecular formula is C21H17N5O. The van der Waals surface area contributed by atoms with Gasteiger partial charge in [0.25, 0.3) is 0 Å². The summed E-state index contributed by atoms with van der Waals surface area (Å²) in [6.07, 6.45) is 20.3. The minimum absolute atomic E-state index is 0.396. The Balaban J connectivity index is 1.91. The molecule has 0 radical (unpaired) electrons. The molecule has 0 fully saturated rings. The largest absolute Gasteiger partial charge is 0.471 e. The van der Waals surface area contributed by atoms with Crippen molar-refractivity contribution in [3.05, 3.63) is 96.8 Å².